The van der Waals surface area contributed by atoms with E-state index in [0.717, 1.165) is 22.8 Å². The number of fused-ring (bicyclic) bond motifs is 1. The molecule has 3 nitrogen and oxygen atoms in total. The Hall–Kier alpha value is -1.03. The quantitative estimate of drug-likeness (QED) is 0.735. The van der Waals surface area contributed by atoms with Crippen molar-refractivity contribution in [3.63, 3.8) is 0 Å². The maximum Gasteiger partial charge on any atom is 0.231 e. The first-order valence-corrected chi connectivity index (χ1v) is 4.55. The Morgan fingerprint density at radius 3 is 2.69 bits per heavy atom. The average molecular weight is 198 g/mol. The number of methoxy groups -OCH3 is 1. The van der Waals surface area contributed by atoms with Gasteiger partial charge in [-0.2, -0.15) is 12.6 Å². The van der Waals surface area contributed by atoms with E-state index in [9.17, 15) is 0 Å². The molecule has 0 radical (unpaired) electrons. The Balaban J connectivity index is 2.47. The minimum atomic E-state index is 0.286. The predicted octanol–water partition coefficient (Wildman–Crippen LogP) is 1.85. The lowest BCUT2D eigenvalue weighted by Crippen LogP contribution is -1.92. The van der Waals surface area contributed by atoms with Crippen molar-refractivity contribution in [1.29, 1.82) is 0 Å². The van der Waals surface area contributed by atoms with Crippen LogP contribution in [0.3, 0.4) is 0 Å². The molecule has 0 saturated carbocycles. The molecular weight excluding hydrogens is 188 g/mol. The van der Waals surface area contributed by atoms with Crippen molar-refractivity contribution in [3.8, 4) is 17.2 Å². The Bertz CT molecular complexity index is 294. The van der Waals surface area contributed by atoms with Gasteiger partial charge in [-0.25, -0.2) is 0 Å². The lowest BCUT2D eigenvalue weighted by molar-refractivity contribution is 0.174. The monoisotopic (exact) mass is 198 g/mol. The molecule has 0 unspecified atom stereocenters. The zero-order valence-corrected chi connectivity index (χ0v) is 8.14. The van der Waals surface area contributed by atoms with E-state index in [1.165, 1.54) is 0 Å². The first-order valence-electron chi connectivity index (χ1n) is 3.92. The molecule has 0 aromatic heterocycles. The highest BCUT2D eigenvalue weighted by Gasteiger charge is 2.16. The van der Waals surface area contributed by atoms with Gasteiger partial charge in [0.15, 0.2) is 11.5 Å². The zero-order chi connectivity index (χ0) is 9.26. The molecule has 0 N–H and O–H groups in total. The number of rotatable bonds is 2. The Morgan fingerprint density at radius 2 is 2.08 bits per heavy atom. The summed E-state index contributed by atoms with van der Waals surface area (Å²) in [6.07, 6.45) is 0. The molecule has 1 heterocycles. The van der Waals surface area contributed by atoms with Crippen LogP contribution in [0.5, 0.6) is 17.2 Å². The molecule has 13 heavy (non-hydrogen) atoms. The van der Waals surface area contributed by atoms with E-state index in [-0.39, 0.29) is 6.79 Å². The second kappa shape index (κ2) is 3.38. The minimum absolute atomic E-state index is 0.286. The van der Waals surface area contributed by atoms with E-state index < -0.39 is 0 Å². The number of hydrogen-bond acceptors (Lipinski definition) is 4. The van der Waals surface area contributed by atoms with Gasteiger partial charge in [0.05, 0.1) is 7.11 Å². The number of hydrogen-bond donors (Lipinski definition) is 1. The smallest absolute Gasteiger partial charge is 0.231 e. The van der Waals surface area contributed by atoms with Gasteiger partial charge in [0.2, 0.25) is 6.79 Å². The summed E-state index contributed by atoms with van der Waals surface area (Å²) >= 11 is 4.20. The first kappa shape index (κ1) is 8.56. The van der Waals surface area contributed by atoms with Crippen LogP contribution in [0, 0.1) is 0 Å². The molecule has 0 atom stereocenters. The van der Waals surface area contributed by atoms with Crippen molar-refractivity contribution in [2.24, 2.45) is 0 Å². The molecule has 0 saturated heterocycles. The lowest BCUT2D eigenvalue weighted by atomic mass is 10.2. The van der Waals surface area contributed by atoms with Gasteiger partial charge in [-0.05, 0) is 6.07 Å². The minimum Gasteiger partial charge on any atom is -0.496 e. The standard InChI is InChI=1S/C9H10O3S/c1-10-7-3-9-8(11-5-12-9)2-6(7)4-13/h2-3,13H,4-5H2,1H3. The number of benzene rings is 1. The van der Waals surface area contributed by atoms with Crippen LogP contribution in [0.1, 0.15) is 5.56 Å². The molecule has 0 fully saturated rings. The van der Waals surface area contributed by atoms with Crippen molar-refractivity contribution in [2.75, 3.05) is 13.9 Å². The van der Waals surface area contributed by atoms with Crippen molar-refractivity contribution in [2.45, 2.75) is 5.75 Å². The van der Waals surface area contributed by atoms with E-state index in [1.807, 2.05) is 12.1 Å². The molecule has 2 rings (SSSR count). The molecule has 0 amide bonds. The van der Waals surface area contributed by atoms with E-state index in [1.54, 1.807) is 7.11 Å². The SMILES string of the molecule is COc1cc2c(cc1CS)OCO2. The van der Waals surface area contributed by atoms with E-state index in [0.29, 0.717) is 5.75 Å². The zero-order valence-electron chi connectivity index (χ0n) is 7.24. The third kappa shape index (κ3) is 1.42. The second-order valence-electron chi connectivity index (χ2n) is 2.68. The van der Waals surface area contributed by atoms with E-state index >= 15 is 0 Å². The molecular formula is C9H10O3S. The predicted molar refractivity (Wildman–Crippen MR) is 51.8 cm³/mol. The van der Waals surface area contributed by atoms with E-state index in [4.69, 9.17) is 14.2 Å². The van der Waals surface area contributed by atoms with Crippen molar-refractivity contribution >= 4 is 12.6 Å². The number of thiol groups is 1. The van der Waals surface area contributed by atoms with Gasteiger partial charge in [0.25, 0.3) is 0 Å². The summed E-state index contributed by atoms with van der Waals surface area (Å²) in [5.74, 6) is 2.92. The highest BCUT2D eigenvalue weighted by Crippen LogP contribution is 2.38. The van der Waals surface area contributed by atoms with Gasteiger partial charge >= 0.3 is 0 Å². The summed E-state index contributed by atoms with van der Waals surface area (Å²) in [6, 6.07) is 3.72. The van der Waals surface area contributed by atoms with Crippen LogP contribution in [-0.2, 0) is 5.75 Å². The molecule has 0 aliphatic carbocycles. The van der Waals surface area contributed by atoms with Crippen LogP contribution in [0.15, 0.2) is 12.1 Å². The Labute approximate surface area is 82.0 Å². The van der Waals surface area contributed by atoms with Gasteiger partial charge < -0.3 is 14.2 Å². The molecule has 1 aliphatic rings. The molecule has 1 aliphatic heterocycles. The van der Waals surface area contributed by atoms with Crippen molar-refractivity contribution in [1.82, 2.24) is 0 Å². The highest BCUT2D eigenvalue weighted by molar-refractivity contribution is 7.79. The van der Waals surface area contributed by atoms with Gasteiger partial charge in [-0.15, -0.1) is 0 Å². The number of ether oxygens (including phenoxy) is 3. The van der Waals surface area contributed by atoms with Crippen molar-refractivity contribution in [3.05, 3.63) is 17.7 Å². The fourth-order valence-corrected chi connectivity index (χ4v) is 1.53. The molecule has 1 aromatic rings. The second-order valence-corrected chi connectivity index (χ2v) is 2.99. The van der Waals surface area contributed by atoms with Gasteiger partial charge in [0, 0.05) is 17.4 Å². The topological polar surface area (TPSA) is 27.7 Å². The van der Waals surface area contributed by atoms with Crippen LogP contribution in [-0.4, -0.2) is 13.9 Å². The summed E-state index contributed by atoms with van der Waals surface area (Å²) in [7, 11) is 1.63. The lowest BCUT2D eigenvalue weighted by Gasteiger charge is -2.06. The molecule has 4 heteroatoms. The normalized spacial score (nSPS) is 13.1. The van der Waals surface area contributed by atoms with Crippen LogP contribution < -0.4 is 14.2 Å². The Morgan fingerprint density at radius 1 is 1.38 bits per heavy atom. The summed E-state index contributed by atoms with van der Waals surface area (Å²) < 4.78 is 15.6. The maximum atomic E-state index is 5.23. The van der Waals surface area contributed by atoms with Gasteiger partial charge in [-0.1, -0.05) is 0 Å². The van der Waals surface area contributed by atoms with Crippen LogP contribution in [0.25, 0.3) is 0 Å². The summed E-state index contributed by atoms with van der Waals surface area (Å²) in [5, 5.41) is 0. The fraction of sp³-hybridized carbons (Fsp3) is 0.333. The van der Waals surface area contributed by atoms with Gasteiger partial charge in [0.1, 0.15) is 5.75 Å². The first-order chi connectivity index (χ1) is 6.35. The summed E-state index contributed by atoms with van der Waals surface area (Å²) in [6.45, 7) is 0.286. The van der Waals surface area contributed by atoms with E-state index in [2.05, 4.69) is 12.6 Å². The highest BCUT2D eigenvalue weighted by atomic mass is 32.1. The third-order valence-corrected chi connectivity index (χ3v) is 2.29. The molecule has 0 spiro atoms. The third-order valence-electron chi connectivity index (χ3n) is 1.95. The molecule has 70 valence electrons. The van der Waals surface area contributed by atoms with Crippen LogP contribution in [0.2, 0.25) is 0 Å². The summed E-state index contributed by atoms with van der Waals surface area (Å²) in [5.41, 5.74) is 1.01. The Kier molecular flexibility index (Phi) is 2.22. The molecule has 1 aromatic carbocycles. The van der Waals surface area contributed by atoms with Crippen molar-refractivity contribution < 1.29 is 14.2 Å². The maximum absolute atomic E-state index is 5.23. The van der Waals surface area contributed by atoms with Crippen LogP contribution in [0.4, 0.5) is 0 Å². The fourth-order valence-electron chi connectivity index (χ4n) is 1.28. The summed E-state index contributed by atoms with van der Waals surface area (Å²) in [4.78, 5) is 0. The average Bonchev–Trinajstić information content (AvgIpc) is 2.62. The van der Waals surface area contributed by atoms with Gasteiger partial charge in [-0.3, -0.25) is 0 Å². The molecule has 0 bridgehead atoms. The largest absolute Gasteiger partial charge is 0.496 e. The van der Waals surface area contributed by atoms with Crippen LogP contribution >= 0.6 is 12.6 Å².